The normalized spacial score (nSPS) is 15.0. The molecule has 0 radical (unpaired) electrons. The number of hydrogen-bond donors (Lipinski definition) is 2. The Labute approximate surface area is 176 Å². The second-order valence-corrected chi connectivity index (χ2v) is 7.49. The zero-order chi connectivity index (χ0) is 21.7. The molecule has 2 aliphatic rings. The fourth-order valence-corrected chi connectivity index (χ4v) is 3.91. The maximum Gasteiger partial charge on any atom is 0.335 e. The lowest BCUT2D eigenvalue weighted by Gasteiger charge is -2.28. The fraction of sp³-hybridized carbons (Fsp3) is 0.227. The Bertz CT molecular complexity index is 1250. The second kappa shape index (κ2) is 7.19. The first kappa shape index (κ1) is 19.2. The summed E-state index contributed by atoms with van der Waals surface area (Å²) in [6.07, 6.45) is 4.49. The first-order valence-corrected chi connectivity index (χ1v) is 9.78. The fourth-order valence-electron chi connectivity index (χ4n) is 3.91. The van der Waals surface area contributed by atoms with Crippen LogP contribution in [0.5, 0.6) is 5.88 Å². The van der Waals surface area contributed by atoms with Crippen molar-refractivity contribution in [2.75, 3.05) is 17.3 Å². The monoisotopic (exact) mass is 424 g/mol. The summed E-state index contributed by atoms with van der Waals surface area (Å²) in [5.41, 5.74) is 2.42. The molecule has 158 valence electrons. The molecular formula is C22H18F2N4O3. The molecule has 1 aliphatic carbocycles. The third-order valence-corrected chi connectivity index (χ3v) is 5.67. The average molecular weight is 424 g/mol. The number of hydrogen-bond acceptors (Lipinski definition) is 6. The Morgan fingerprint density at radius 3 is 2.61 bits per heavy atom. The number of aromatic nitrogens is 2. The molecule has 5 rings (SSSR count). The van der Waals surface area contributed by atoms with Gasteiger partial charge in [0.25, 0.3) is 0 Å². The lowest BCUT2D eigenvalue weighted by molar-refractivity contribution is 0.0695. The summed E-state index contributed by atoms with van der Waals surface area (Å²) in [5, 5.41) is 13.1. The van der Waals surface area contributed by atoms with E-state index in [1.54, 1.807) is 12.3 Å². The number of carboxylic acids is 1. The van der Waals surface area contributed by atoms with Crippen LogP contribution in [-0.4, -0.2) is 28.2 Å². The Morgan fingerprint density at radius 1 is 1.26 bits per heavy atom. The van der Waals surface area contributed by atoms with E-state index in [-0.39, 0.29) is 12.1 Å². The highest BCUT2D eigenvalue weighted by Crippen LogP contribution is 2.45. The van der Waals surface area contributed by atoms with Crippen LogP contribution >= 0.6 is 0 Å². The number of carbonyl (C=O) groups is 1. The quantitative estimate of drug-likeness (QED) is 0.640. The smallest absolute Gasteiger partial charge is 0.335 e. The van der Waals surface area contributed by atoms with Gasteiger partial charge in [-0.15, -0.1) is 0 Å². The van der Waals surface area contributed by atoms with Crippen molar-refractivity contribution < 1.29 is 23.4 Å². The Hall–Kier alpha value is -3.75. The molecule has 1 fully saturated rings. The molecule has 2 aromatic heterocycles. The predicted molar refractivity (Wildman–Crippen MR) is 110 cm³/mol. The largest absolute Gasteiger partial charge is 0.481 e. The van der Waals surface area contributed by atoms with E-state index in [1.807, 2.05) is 11.0 Å². The average Bonchev–Trinajstić information content (AvgIpc) is 3.06. The number of carboxylic acid groups (broad SMARTS) is 1. The van der Waals surface area contributed by atoms with Gasteiger partial charge in [0.2, 0.25) is 5.88 Å². The molecule has 0 amide bonds. The molecule has 2 N–H and O–H groups in total. The third kappa shape index (κ3) is 3.13. The van der Waals surface area contributed by atoms with Crippen molar-refractivity contribution in [2.45, 2.75) is 25.8 Å². The van der Waals surface area contributed by atoms with E-state index in [1.165, 1.54) is 7.11 Å². The van der Waals surface area contributed by atoms with E-state index in [0.29, 0.717) is 16.9 Å². The number of nitrogens with zero attached hydrogens (tertiary/aromatic N) is 3. The van der Waals surface area contributed by atoms with Crippen LogP contribution in [0.3, 0.4) is 0 Å². The molecule has 0 spiro atoms. The summed E-state index contributed by atoms with van der Waals surface area (Å²) in [5.74, 6) is -1.99. The van der Waals surface area contributed by atoms with Crippen LogP contribution in [0.25, 0.3) is 11.0 Å². The van der Waals surface area contributed by atoms with E-state index in [2.05, 4.69) is 15.3 Å². The molecule has 0 bridgehead atoms. The van der Waals surface area contributed by atoms with Crippen LogP contribution in [0.15, 0.2) is 41.9 Å². The summed E-state index contributed by atoms with van der Waals surface area (Å²) in [6, 6.07) is 5.22. The van der Waals surface area contributed by atoms with Gasteiger partial charge in [0.1, 0.15) is 17.5 Å². The summed E-state index contributed by atoms with van der Waals surface area (Å²) in [7, 11) is 1.51. The predicted octanol–water partition coefficient (Wildman–Crippen LogP) is 4.44. The molecule has 1 aromatic carbocycles. The minimum absolute atomic E-state index is 0.110. The van der Waals surface area contributed by atoms with Crippen LogP contribution in [0.1, 0.15) is 35.2 Å². The highest BCUT2D eigenvalue weighted by molar-refractivity contribution is 6.01. The molecular weight excluding hydrogens is 406 g/mol. The van der Waals surface area contributed by atoms with Crippen molar-refractivity contribution in [3.05, 3.63) is 64.6 Å². The molecule has 9 heteroatoms. The second-order valence-electron chi connectivity index (χ2n) is 7.49. The van der Waals surface area contributed by atoms with Crippen LogP contribution in [0.4, 0.5) is 20.2 Å². The topological polar surface area (TPSA) is 87.6 Å². The summed E-state index contributed by atoms with van der Waals surface area (Å²) in [6.45, 7) is -0.110. The summed E-state index contributed by atoms with van der Waals surface area (Å²) >= 11 is 0. The van der Waals surface area contributed by atoms with Crippen LogP contribution < -0.4 is 15.0 Å². The number of pyridine rings is 2. The maximum atomic E-state index is 14.7. The van der Waals surface area contributed by atoms with E-state index in [0.717, 1.165) is 54.2 Å². The summed E-state index contributed by atoms with van der Waals surface area (Å²) < 4.78 is 34.6. The standard InChI is InChI=1S/C22H18F2N4O3/c1-31-18-6-5-13-19-17(9-25-20(13)27-18)26-21(11-3-2-4-11)28(19)10-14-15(23)7-12(22(29)30)8-16(14)24/h5-9,26H,2-4,10H2,1H3,(H,29,30). The highest BCUT2D eigenvalue weighted by atomic mass is 19.1. The van der Waals surface area contributed by atoms with E-state index in [4.69, 9.17) is 9.84 Å². The van der Waals surface area contributed by atoms with Crippen LogP contribution in [0, 0.1) is 11.6 Å². The Morgan fingerprint density at radius 2 is 2.00 bits per heavy atom. The molecule has 1 aliphatic heterocycles. The molecule has 0 saturated heterocycles. The molecule has 31 heavy (non-hydrogen) atoms. The van der Waals surface area contributed by atoms with Gasteiger partial charge in [-0.05, 0) is 43.0 Å². The lowest BCUT2D eigenvalue weighted by atomic mass is 9.92. The molecule has 7 nitrogen and oxygen atoms in total. The number of nitrogens with one attached hydrogen (secondary N) is 1. The van der Waals surface area contributed by atoms with E-state index >= 15 is 0 Å². The number of rotatable bonds is 4. The Kier molecular flexibility index (Phi) is 4.46. The number of methoxy groups -OCH3 is 1. The van der Waals surface area contributed by atoms with Crippen molar-refractivity contribution in [1.29, 1.82) is 0 Å². The van der Waals surface area contributed by atoms with Gasteiger partial charge in [-0.3, -0.25) is 0 Å². The Balaban J connectivity index is 1.65. The molecule has 0 atom stereocenters. The lowest BCUT2D eigenvalue weighted by Crippen LogP contribution is -2.25. The van der Waals surface area contributed by atoms with Gasteiger partial charge in [-0.2, -0.15) is 4.98 Å². The third-order valence-electron chi connectivity index (χ3n) is 5.67. The van der Waals surface area contributed by atoms with Gasteiger partial charge in [-0.25, -0.2) is 18.6 Å². The summed E-state index contributed by atoms with van der Waals surface area (Å²) in [4.78, 5) is 21.7. The maximum absolute atomic E-state index is 14.7. The number of ether oxygens (including phenoxy) is 1. The minimum Gasteiger partial charge on any atom is -0.481 e. The van der Waals surface area contributed by atoms with Crippen LogP contribution in [0.2, 0.25) is 0 Å². The van der Waals surface area contributed by atoms with Gasteiger partial charge in [-0.1, -0.05) is 0 Å². The number of halogens is 2. The zero-order valence-electron chi connectivity index (χ0n) is 16.6. The van der Waals surface area contributed by atoms with Gasteiger partial charge >= 0.3 is 5.97 Å². The number of benzene rings is 1. The highest BCUT2D eigenvalue weighted by Gasteiger charge is 2.32. The van der Waals surface area contributed by atoms with Crippen molar-refractivity contribution >= 4 is 28.4 Å². The number of fused-ring (bicyclic) bond motifs is 3. The molecule has 3 aromatic rings. The molecule has 1 saturated carbocycles. The van der Waals surface area contributed by atoms with Crippen molar-refractivity contribution in [2.24, 2.45) is 0 Å². The van der Waals surface area contributed by atoms with E-state index < -0.39 is 23.2 Å². The van der Waals surface area contributed by atoms with Gasteiger partial charge < -0.3 is 20.1 Å². The first-order valence-electron chi connectivity index (χ1n) is 9.78. The molecule has 3 heterocycles. The van der Waals surface area contributed by atoms with Crippen molar-refractivity contribution in [1.82, 2.24) is 9.97 Å². The first-order chi connectivity index (χ1) is 15.0. The van der Waals surface area contributed by atoms with Crippen LogP contribution in [-0.2, 0) is 6.54 Å². The number of aromatic carboxylic acids is 1. The SMILES string of the molecule is COc1ccc2c3c(cnc2n1)NC(=C1CCC1)N3Cc1c(F)cc(C(=O)O)cc1F. The van der Waals surface area contributed by atoms with Crippen molar-refractivity contribution in [3.63, 3.8) is 0 Å². The van der Waals surface area contributed by atoms with Crippen molar-refractivity contribution in [3.8, 4) is 5.88 Å². The number of allylic oxidation sites excluding steroid dienone is 1. The van der Waals surface area contributed by atoms with Gasteiger partial charge in [0.15, 0.2) is 5.65 Å². The minimum atomic E-state index is -1.38. The zero-order valence-corrected chi connectivity index (χ0v) is 16.6. The van der Waals surface area contributed by atoms with Gasteiger partial charge in [0, 0.05) is 17.0 Å². The van der Waals surface area contributed by atoms with E-state index in [9.17, 15) is 13.6 Å². The number of anilines is 2. The van der Waals surface area contributed by atoms with Gasteiger partial charge in [0.05, 0.1) is 36.8 Å². The molecule has 0 unspecified atom stereocenters.